The summed E-state index contributed by atoms with van der Waals surface area (Å²) < 4.78 is 0. The summed E-state index contributed by atoms with van der Waals surface area (Å²) in [4.78, 5) is 23.7. The molecule has 0 aliphatic heterocycles. The summed E-state index contributed by atoms with van der Waals surface area (Å²) in [5.41, 5.74) is 3.55. The van der Waals surface area contributed by atoms with Crippen molar-refractivity contribution in [1.29, 1.82) is 0 Å². The van der Waals surface area contributed by atoms with Crippen molar-refractivity contribution in [2.75, 3.05) is 10.6 Å². The molecule has 0 heterocycles. The SMILES string of the molecule is Cc1ccccc1Nc1c(C(=O)O)ccc(C(=O)O)c1Nc1ccccc1C. The van der Waals surface area contributed by atoms with Crippen molar-refractivity contribution in [2.24, 2.45) is 0 Å². The van der Waals surface area contributed by atoms with Gasteiger partial charge in [-0.3, -0.25) is 0 Å². The van der Waals surface area contributed by atoms with Gasteiger partial charge in [0.1, 0.15) is 0 Å². The first-order valence-electron chi connectivity index (χ1n) is 8.67. The molecule has 0 bridgehead atoms. The Balaban J connectivity index is 2.22. The average molecular weight is 376 g/mol. The van der Waals surface area contributed by atoms with Crippen LogP contribution in [-0.2, 0) is 0 Å². The van der Waals surface area contributed by atoms with Crippen LogP contribution in [0, 0.1) is 13.8 Å². The summed E-state index contributed by atoms with van der Waals surface area (Å²) in [5, 5.41) is 25.6. The Morgan fingerprint density at radius 3 is 1.32 bits per heavy atom. The number of rotatable bonds is 6. The van der Waals surface area contributed by atoms with Crippen LogP contribution in [0.2, 0.25) is 0 Å². The van der Waals surface area contributed by atoms with Crippen LogP contribution in [0.5, 0.6) is 0 Å². The molecule has 0 unspecified atom stereocenters. The number of anilines is 4. The van der Waals surface area contributed by atoms with Crippen LogP contribution in [0.4, 0.5) is 22.7 Å². The molecule has 3 aromatic rings. The van der Waals surface area contributed by atoms with E-state index in [0.717, 1.165) is 11.1 Å². The predicted molar refractivity (Wildman–Crippen MR) is 109 cm³/mol. The number of aryl methyl sites for hydroxylation is 2. The number of carboxylic acids is 2. The Morgan fingerprint density at radius 1 is 0.643 bits per heavy atom. The molecule has 3 aromatic carbocycles. The number of hydrogen-bond donors (Lipinski definition) is 4. The highest BCUT2D eigenvalue weighted by Gasteiger charge is 2.22. The standard InChI is InChI=1S/C22H20N2O4/c1-13-7-3-5-9-17(13)23-19-15(21(25)26)11-12-16(22(27)28)20(19)24-18-10-6-4-8-14(18)2/h3-12,23-24H,1-2H3,(H,25,26)(H,27,28). The van der Waals surface area contributed by atoms with Gasteiger partial charge in [0.25, 0.3) is 0 Å². The number of nitrogens with one attached hydrogen (secondary N) is 2. The van der Waals surface area contributed by atoms with E-state index in [0.29, 0.717) is 11.4 Å². The normalized spacial score (nSPS) is 10.4. The van der Waals surface area contributed by atoms with Crippen LogP contribution >= 0.6 is 0 Å². The zero-order valence-corrected chi connectivity index (χ0v) is 15.5. The quantitative estimate of drug-likeness (QED) is 0.473. The van der Waals surface area contributed by atoms with Crippen LogP contribution < -0.4 is 10.6 Å². The van der Waals surface area contributed by atoms with Gasteiger partial charge in [-0.2, -0.15) is 0 Å². The summed E-state index contributed by atoms with van der Waals surface area (Å²) in [6.07, 6.45) is 0. The number of carboxylic acid groups (broad SMARTS) is 2. The third-order valence-corrected chi connectivity index (χ3v) is 4.48. The maximum Gasteiger partial charge on any atom is 0.337 e. The van der Waals surface area contributed by atoms with E-state index < -0.39 is 11.9 Å². The molecule has 0 amide bonds. The van der Waals surface area contributed by atoms with Gasteiger partial charge in [-0.05, 0) is 49.2 Å². The lowest BCUT2D eigenvalue weighted by Crippen LogP contribution is -2.11. The molecule has 0 aliphatic carbocycles. The summed E-state index contributed by atoms with van der Waals surface area (Å²) in [6.45, 7) is 3.77. The van der Waals surface area contributed by atoms with Crippen molar-refractivity contribution in [2.45, 2.75) is 13.8 Å². The molecule has 0 radical (unpaired) electrons. The van der Waals surface area contributed by atoms with E-state index >= 15 is 0 Å². The first-order valence-corrected chi connectivity index (χ1v) is 8.67. The fraction of sp³-hybridized carbons (Fsp3) is 0.0909. The second-order valence-corrected chi connectivity index (χ2v) is 6.40. The van der Waals surface area contributed by atoms with Crippen molar-refractivity contribution in [3.63, 3.8) is 0 Å². The summed E-state index contributed by atoms with van der Waals surface area (Å²) in [5.74, 6) is -2.30. The lowest BCUT2D eigenvalue weighted by molar-refractivity contribution is 0.0683. The van der Waals surface area contributed by atoms with Crippen molar-refractivity contribution in [3.05, 3.63) is 82.9 Å². The van der Waals surface area contributed by atoms with Gasteiger partial charge in [0.15, 0.2) is 0 Å². The van der Waals surface area contributed by atoms with Crippen LogP contribution in [0.1, 0.15) is 31.8 Å². The first-order chi connectivity index (χ1) is 13.4. The summed E-state index contributed by atoms with van der Waals surface area (Å²) >= 11 is 0. The molecular weight excluding hydrogens is 356 g/mol. The van der Waals surface area contributed by atoms with Crippen LogP contribution in [-0.4, -0.2) is 22.2 Å². The summed E-state index contributed by atoms with van der Waals surface area (Å²) in [7, 11) is 0. The minimum absolute atomic E-state index is 0.0238. The topological polar surface area (TPSA) is 98.7 Å². The zero-order chi connectivity index (χ0) is 20.3. The Morgan fingerprint density at radius 2 is 1.00 bits per heavy atom. The Labute approximate surface area is 162 Å². The number of carbonyl (C=O) groups is 2. The molecule has 0 spiro atoms. The largest absolute Gasteiger partial charge is 0.478 e. The molecule has 0 saturated heterocycles. The van der Waals surface area contributed by atoms with Gasteiger partial charge in [-0.25, -0.2) is 9.59 Å². The van der Waals surface area contributed by atoms with Gasteiger partial charge >= 0.3 is 11.9 Å². The van der Waals surface area contributed by atoms with E-state index in [1.165, 1.54) is 12.1 Å². The monoisotopic (exact) mass is 376 g/mol. The fourth-order valence-electron chi connectivity index (χ4n) is 2.91. The predicted octanol–water partition coefficient (Wildman–Crippen LogP) is 5.19. The molecule has 28 heavy (non-hydrogen) atoms. The molecule has 0 fully saturated rings. The van der Waals surface area contributed by atoms with E-state index in [1.807, 2.05) is 62.4 Å². The van der Waals surface area contributed by atoms with Gasteiger partial charge in [0.05, 0.1) is 22.5 Å². The second-order valence-electron chi connectivity index (χ2n) is 6.40. The first kappa shape index (κ1) is 19.0. The molecular formula is C22H20N2O4. The molecule has 6 nitrogen and oxygen atoms in total. The van der Waals surface area contributed by atoms with E-state index in [9.17, 15) is 19.8 Å². The van der Waals surface area contributed by atoms with Crippen LogP contribution in [0.3, 0.4) is 0 Å². The second kappa shape index (κ2) is 7.84. The molecule has 0 aliphatic rings. The zero-order valence-electron chi connectivity index (χ0n) is 15.5. The molecule has 0 atom stereocenters. The smallest absolute Gasteiger partial charge is 0.337 e. The fourth-order valence-corrected chi connectivity index (χ4v) is 2.91. The highest BCUT2D eigenvalue weighted by Crippen LogP contribution is 2.36. The highest BCUT2D eigenvalue weighted by atomic mass is 16.4. The summed E-state index contributed by atoms with van der Waals surface area (Å²) in [6, 6.07) is 17.4. The third-order valence-electron chi connectivity index (χ3n) is 4.48. The van der Waals surface area contributed by atoms with Gasteiger partial charge in [-0.1, -0.05) is 36.4 Å². The Hall–Kier alpha value is -3.80. The molecule has 0 saturated carbocycles. The molecule has 142 valence electrons. The number of benzene rings is 3. The molecule has 0 aromatic heterocycles. The van der Waals surface area contributed by atoms with Crippen LogP contribution in [0.15, 0.2) is 60.7 Å². The van der Waals surface area contributed by atoms with Crippen molar-refractivity contribution in [1.82, 2.24) is 0 Å². The average Bonchev–Trinajstić information content (AvgIpc) is 2.65. The lowest BCUT2D eigenvalue weighted by atomic mass is 10.0. The minimum atomic E-state index is -1.15. The van der Waals surface area contributed by atoms with E-state index in [2.05, 4.69) is 10.6 Å². The number of aromatic carboxylic acids is 2. The van der Waals surface area contributed by atoms with E-state index in [1.54, 1.807) is 0 Å². The van der Waals surface area contributed by atoms with Crippen LogP contribution in [0.25, 0.3) is 0 Å². The molecule has 6 heteroatoms. The Kier molecular flexibility index (Phi) is 5.31. The molecule has 4 N–H and O–H groups in total. The van der Waals surface area contributed by atoms with Gasteiger partial charge < -0.3 is 20.8 Å². The minimum Gasteiger partial charge on any atom is -0.478 e. The van der Waals surface area contributed by atoms with Crippen molar-refractivity contribution < 1.29 is 19.8 Å². The Bertz CT molecular complexity index is 976. The maximum atomic E-state index is 11.8. The highest BCUT2D eigenvalue weighted by molar-refractivity contribution is 6.07. The number of hydrogen-bond acceptors (Lipinski definition) is 4. The van der Waals surface area contributed by atoms with Crippen molar-refractivity contribution in [3.8, 4) is 0 Å². The third kappa shape index (κ3) is 3.81. The van der Waals surface area contributed by atoms with Crippen molar-refractivity contribution >= 4 is 34.7 Å². The maximum absolute atomic E-state index is 11.8. The van der Waals surface area contributed by atoms with Gasteiger partial charge in [0.2, 0.25) is 0 Å². The number of para-hydroxylation sites is 2. The van der Waals surface area contributed by atoms with Gasteiger partial charge in [0, 0.05) is 11.4 Å². The lowest BCUT2D eigenvalue weighted by Gasteiger charge is -2.20. The van der Waals surface area contributed by atoms with E-state index in [4.69, 9.17) is 0 Å². The molecule has 3 rings (SSSR count). The van der Waals surface area contributed by atoms with Gasteiger partial charge in [-0.15, -0.1) is 0 Å². The van der Waals surface area contributed by atoms with E-state index in [-0.39, 0.29) is 22.5 Å².